The molecule has 2 atom stereocenters. The molecule has 1 aromatic carbocycles. The highest BCUT2D eigenvalue weighted by Gasteiger charge is 2.35. The standard InChI is InChI=1S/C13H17F3O/c1-3-6-9(2)12(17)10-7-4-5-8-11(10)13(14,15)16/h4-5,7-9,12,17H,3,6H2,1-2H3. The van der Waals surface area contributed by atoms with Crippen LogP contribution in [-0.2, 0) is 6.18 Å². The molecule has 1 rings (SSSR count). The molecule has 0 saturated heterocycles. The van der Waals surface area contributed by atoms with E-state index in [0.717, 1.165) is 12.5 Å². The third kappa shape index (κ3) is 3.46. The van der Waals surface area contributed by atoms with Crippen molar-refractivity contribution in [3.8, 4) is 0 Å². The predicted octanol–water partition coefficient (Wildman–Crippen LogP) is 4.18. The van der Waals surface area contributed by atoms with E-state index < -0.39 is 17.8 Å². The van der Waals surface area contributed by atoms with E-state index in [-0.39, 0.29) is 11.5 Å². The molecule has 0 bridgehead atoms. The maximum absolute atomic E-state index is 12.7. The van der Waals surface area contributed by atoms with Crippen LogP contribution in [0.4, 0.5) is 13.2 Å². The lowest BCUT2D eigenvalue weighted by Gasteiger charge is -2.22. The van der Waals surface area contributed by atoms with Crippen LogP contribution in [-0.4, -0.2) is 5.11 Å². The Balaban J connectivity index is 3.05. The van der Waals surface area contributed by atoms with Gasteiger partial charge in [-0.25, -0.2) is 0 Å². The van der Waals surface area contributed by atoms with Crippen LogP contribution in [0.3, 0.4) is 0 Å². The second-order valence-corrected chi connectivity index (χ2v) is 4.30. The molecule has 1 N–H and O–H groups in total. The summed E-state index contributed by atoms with van der Waals surface area (Å²) in [5, 5.41) is 9.96. The van der Waals surface area contributed by atoms with Gasteiger partial charge in [0.15, 0.2) is 0 Å². The monoisotopic (exact) mass is 246 g/mol. The van der Waals surface area contributed by atoms with Gasteiger partial charge in [0, 0.05) is 0 Å². The number of aliphatic hydroxyl groups excluding tert-OH is 1. The number of hydrogen-bond donors (Lipinski definition) is 1. The summed E-state index contributed by atoms with van der Waals surface area (Å²) < 4.78 is 38.2. The molecule has 0 aliphatic heterocycles. The van der Waals surface area contributed by atoms with E-state index in [1.54, 1.807) is 6.92 Å². The molecular formula is C13H17F3O. The Labute approximate surface area is 99.3 Å². The highest BCUT2D eigenvalue weighted by atomic mass is 19.4. The summed E-state index contributed by atoms with van der Waals surface area (Å²) in [6.07, 6.45) is -3.93. The molecule has 0 amide bonds. The minimum Gasteiger partial charge on any atom is -0.388 e. The fourth-order valence-electron chi connectivity index (χ4n) is 1.93. The molecule has 2 unspecified atom stereocenters. The molecule has 17 heavy (non-hydrogen) atoms. The maximum Gasteiger partial charge on any atom is 0.416 e. The van der Waals surface area contributed by atoms with E-state index in [2.05, 4.69) is 0 Å². The molecule has 1 aromatic rings. The van der Waals surface area contributed by atoms with Crippen molar-refractivity contribution < 1.29 is 18.3 Å². The summed E-state index contributed by atoms with van der Waals surface area (Å²) in [5.41, 5.74) is -0.767. The number of halogens is 3. The summed E-state index contributed by atoms with van der Waals surface area (Å²) in [6.45, 7) is 3.71. The second kappa shape index (κ2) is 5.54. The van der Waals surface area contributed by atoms with E-state index in [4.69, 9.17) is 0 Å². The van der Waals surface area contributed by atoms with Crippen LogP contribution in [0.1, 0.15) is 43.9 Å². The first kappa shape index (κ1) is 14.0. The van der Waals surface area contributed by atoms with Gasteiger partial charge in [0.2, 0.25) is 0 Å². The maximum atomic E-state index is 12.7. The zero-order valence-corrected chi connectivity index (χ0v) is 9.96. The van der Waals surface area contributed by atoms with Crippen molar-refractivity contribution in [1.29, 1.82) is 0 Å². The minimum atomic E-state index is -4.41. The summed E-state index contributed by atoms with van der Waals surface area (Å²) in [5.74, 6) is -0.177. The zero-order chi connectivity index (χ0) is 13.1. The molecule has 96 valence electrons. The van der Waals surface area contributed by atoms with Crippen LogP contribution in [0.25, 0.3) is 0 Å². The lowest BCUT2D eigenvalue weighted by molar-refractivity contribution is -0.139. The number of aliphatic hydroxyl groups is 1. The molecule has 0 saturated carbocycles. The van der Waals surface area contributed by atoms with E-state index >= 15 is 0 Å². The van der Waals surface area contributed by atoms with E-state index in [9.17, 15) is 18.3 Å². The van der Waals surface area contributed by atoms with Crippen LogP contribution in [0.5, 0.6) is 0 Å². The third-order valence-corrected chi connectivity index (χ3v) is 2.87. The van der Waals surface area contributed by atoms with E-state index in [1.165, 1.54) is 18.2 Å². The fraction of sp³-hybridized carbons (Fsp3) is 0.538. The largest absolute Gasteiger partial charge is 0.416 e. The molecule has 0 radical (unpaired) electrons. The molecule has 0 fully saturated rings. The summed E-state index contributed by atoms with van der Waals surface area (Å²) in [7, 11) is 0. The lowest BCUT2D eigenvalue weighted by atomic mass is 9.90. The summed E-state index contributed by atoms with van der Waals surface area (Å²) in [6, 6.07) is 5.22. The molecule has 0 spiro atoms. The Morgan fingerprint density at radius 1 is 1.24 bits per heavy atom. The van der Waals surface area contributed by atoms with Crippen molar-refractivity contribution >= 4 is 0 Å². The van der Waals surface area contributed by atoms with Crippen molar-refractivity contribution in [2.45, 2.75) is 39.0 Å². The van der Waals surface area contributed by atoms with Gasteiger partial charge < -0.3 is 5.11 Å². The Morgan fingerprint density at radius 2 is 1.82 bits per heavy atom. The molecule has 0 aliphatic rings. The minimum absolute atomic E-state index is 0.0269. The topological polar surface area (TPSA) is 20.2 Å². The quantitative estimate of drug-likeness (QED) is 0.845. The van der Waals surface area contributed by atoms with E-state index in [1.807, 2.05) is 6.92 Å². The smallest absolute Gasteiger partial charge is 0.388 e. The lowest BCUT2D eigenvalue weighted by Crippen LogP contribution is -2.16. The number of benzene rings is 1. The van der Waals surface area contributed by atoms with Crippen molar-refractivity contribution in [2.24, 2.45) is 5.92 Å². The molecule has 1 nitrogen and oxygen atoms in total. The normalized spacial score (nSPS) is 15.6. The van der Waals surface area contributed by atoms with Gasteiger partial charge in [-0.15, -0.1) is 0 Å². The Morgan fingerprint density at radius 3 is 2.35 bits per heavy atom. The Kier molecular flexibility index (Phi) is 4.57. The van der Waals surface area contributed by atoms with Crippen LogP contribution >= 0.6 is 0 Å². The predicted molar refractivity (Wildman–Crippen MR) is 60.5 cm³/mol. The van der Waals surface area contributed by atoms with Crippen LogP contribution < -0.4 is 0 Å². The number of alkyl halides is 3. The van der Waals surface area contributed by atoms with Crippen molar-refractivity contribution in [3.63, 3.8) is 0 Å². The number of rotatable bonds is 4. The van der Waals surface area contributed by atoms with Crippen molar-refractivity contribution in [2.75, 3.05) is 0 Å². The van der Waals surface area contributed by atoms with Crippen LogP contribution in [0.2, 0.25) is 0 Å². The molecule has 0 aliphatic carbocycles. The average molecular weight is 246 g/mol. The molecule has 4 heteroatoms. The van der Waals surface area contributed by atoms with Gasteiger partial charge in [-0.2, -0.15) is 13.2 Å². The summed E-state index contributed by atoms with van der Waals surface area (Å²) >= 11 is 0. The molecule has 0 heterocycles. The Hall–Kier alpha value is -1.03. The molecular weight excluding hydrogens is 229 g/mol. The fourth-order valence-corrected chi connectivity index (χ4v) is 1.93. The van der Waals surface area contributed by atoms with Crippen LogP contribution in [0, 0.1) is 5.92 Å². The Bertz CT molecular complexity index is 360. The van der Waals surface area contributed by atoms with Gasteiger partial charge in [-0.3, -0.25) is 0 Å². The van der Waals surface area contributed by atoms with Gasteiger partial charge in [-0.05, 0) is 24.0 Å². The second-order valence-electron chi connectivity index (χ2n) is 4.30. The van der Waals surface area contributed by atoms with Crippen molar-refractivity contribution in [1.82, 2.24) is 0 Å². The first-order chi connectivity index (χ1) is 7.88. The van der Waals surface area contributed by atoms with Crippen molar-refractivity contribution in [3.05, 3.63) is 35.4 Å². The van der Waals surface area contributed by atoms with Gasteiger partial charge in [0.1, 0.15) is 0 Å². The zero-order valence-electron chi connectivity index (χ0n) is 9.96. The third-order valence-electron chi connectivity index (χ3n) is 2.87. The SMILES string of the molecule is CCCC(C)C(O)c1ccccc1C(F)(F)F. The van der Waals surface area contributed by atoms with Gasteiger partial charge >= 0.3 is 6.18 Å². The van der Waals surface area contributed by atoms with E-state index in [0.29, 0.717) is 6.42 Å². The summed E-state index contributed by atoms with van der Waals surface area (Å²) in [4.78, 5) is 0. The first-order valence-electron chi connectivity index (χ1n) is 5.72. The first-order valence-corrected chi connectivity index (χ1v) is 5.72. The molecule has 0 aromatic heterocycles. The highest BCUT2D eigenvalue weighted by molar-refractivity contribution is 5.31. The van der Waals surface area contributed by atoms with Gasteiger partial charge in [0.25, 0.3) is 0 Å². The van der Waals surface area contributed by atoms with Gasteiger partial charge in [0.05, 0.1) is 11.7 Å². The average Bonchev–Trinajstić information content (AvgIpc) is 2.27. The number of hydrogen-bond acceptors (Lipinski definition) is 1. The van der Waals surface area contributed by atoms with Gasteiger partial charge in [-0.1, -0.05) is 38.5 Å². The highest BCUT2D eigenvalue weighted by Crippen LogP contribution is 2.37. The van der Waals surface area contributed by atoms with Crippen LogP contribution in [0.15, 0.2) is 24.3 Å².